The van der Waals surface area contributed by atoms with Gasteiger partial charge in [0.1, 0.15) is 4.83 Å². The number of aliphatic hydroxyl groups is 1. The van der Waals surface area contributed by atoms with Crippen molar-refractivity contribution in [2.45, 2.75) is 36.9 Å². The molecule has 0 amide bonds. The SMILES string of the molecule is C=CCn1c(S[C@H]2CS(=O)(=O)C[C@@H]2O)nc2sc(C)c(C)c2c1=O. The molecule has 1 aliphatic heterocycles. The number of rotatable bonds is 4. The van der Waals surface area contributed by atoms with E-state index in [1.807, 2.05) is 13.8 Å². The number of hydrogen-bond acceptors (Lipinski definition) is 7. The van der Waals surface area contributed by atoms with Crippen molar-refractivity contribution >= 4 is 43.2 Å². The third-order valence-electron chi connectivity index (χ3n) is 4.09. The first-order valence-electron chi connectivity index (χ1n) is 7.40. The molecular weight excluding hydrogens is 368 g/mol. The molecule has 9 heteroatoms. The zero-order chi connectivity index (χ0) is 17.6. The summed E-state index contributed by atoms with van der Waals surface area (Å²) in [6, 6.07) is 0. The lowest BCUT2D eigenvalue weighted by molar-refractivity contribution is 0.207. The third kappa shape index (κ3) is 3.05. The van der Waals surface area contributed by atoms with Crippen LogP contribution in [0.25, 0.3) is 10.2 Å². The van der Waals surface area contributed by atoms with Gasteiger partial charge in [0.15, 0.2) is 15.0 Å². The second-order valence-electron chi connectivity index (χ2n) is 5.86. The summed E-state index contributed by atoms with van der Waals surface area (Å²) in [5, 5.41) is 10.5. The van der Waals surface area contributed by atoms with E-state index >= 15 is 0 Å². The first kappa shape index (κ1) is 17.7. The number of thiophene rings is 1. The Labute approximate surface area is 148 Å². The van der Waals surface area contributed by atoms with Gasteiger partial charge in [-0.05, 0) is 19.4 Å². The van der Waals surface area contributed by atoms with Crippen molar-refractivity contribution in [3.05, 3.63) is 33.4 Å². The van der Waals surface area contributed by atoms with E-state index in [0.717, 1.165) is 22.2 Å². The lowest BCUT2D eigenvalue weighted by atomic mass is 10.2. The van der Waals surface area contributed by atoms with E-state index in [2.05, 4.69) is 11.6 Å². The molecule has 0 aromatic carbocycles. The minimum atomic E-state index is -3.25. The number of nitrogens with zero attached hydrogens (tertiary/aromatic N) is 2. The summed E-state index contributed by atoms with van der Waals surface area (Å²) in [4.78, 5) is 19.1. The van der Waals surface area contributed by atoms with E-state index in [1.165, 1.54) is 15.9 Å². The molecule has 0 radical (unpaired) electrons. The van der Waals surface area contributed by atoms with Crippen molar-refractivity contribution in [2.75, 3.05) is 11.5 Å². The van der Waals surface area contributed by atoms with Gasteiger partial charge in [0, 0.05) is 11.4 Å². The summed E-state index contributed by atoms with van der Waals surface area (Å²) in [5.41, 5.74) is 0.768. The van der Waals surface area contributed by atoms with E-state index in [4.69, 9.17) is 0 Å². The van der Waals surface area contributed by atoms with Crippen molar-refractivity contribution in [1.29, 1.82) is 0 Å². The molecule has 1 aliphatic rings. The Morgan fingerprint density at radius 2 is 2.17 bits per heavy atom. The highest BCUT2D eigenvalue weighted by atomic mass is 32.2. The highest BCUT2D eigenvalue weighted by Crippen LogP contribution is 2.33. The van der Waals surface area contributed by atoms with Gasteiger partial charge >= 0.3 is 0 Å². The average Bonchev–Trinajstić information content (AvgIpc) is 2.90. The molecule has 1 fully saturated rings. The fourth-order valence-corrected chi connectivity index (χ4v) is 7.39. The number of aliphatic hydroxyl groups excluding tert-OH is 1. The van der Waals surface area contributed by atoms with Gasteiger partial charge in [-0.1, -0.05) is 17.8 Å². The lowest BCUT2D eigenvalue weighted by Gasteiger charge is -2.15. The minimum Gasteiger partial charge on any atom is -0.391 e. The van der Waals surface area contributed by atoms with Gasteiger partial charge < -0.3 is 5.11 Å². The predicted molar refractivity (Wildman–Crippen MR) is 97.9 cm³/mol. The highest BCUT2D eigenvalue weighted by molar-refractivity contribution is 8.01. The Morgan fingerprint density at radius 3 is 2.75 bits per heavy atom. The molecule has 0 bridgehead atoms. The lowest BCUT2D eigenvalue weighted by Crippen LogP contribution is -2.26. The van der Waals surface area contributed by atoms with Gasteiger partial charge in [-0.25, -0.2) is 13.4 Å². The van der Waals surface area contributed by atoms with Crippen molar-refractivity contribution < 1.29 is 13.5 Å². The van der Waals surface area contributed by atoms with Crippen LogP contribution in [0.5, 0.6) is 0 Å². The van der Waals surface area contributed by atoms with Gasteiger partial charge in [-0.15, -0.1) is 17.9 Å². The monoisotopic (exact) mass is 386 g/mol. The summed E-state index contributed by atoms with van der Waals surface area (Å²) < 4.78 is 24.9. The summed E-state index contributed by atoms with van der Waals surface area (Å²) in [5.74, 6) is -0.348. The average molecular weight is 387 g/mol. The maximum Gasteiger partial charge on any atom is 0.263 e. The van der Waals surface area contributed by atoms with Crippen molar-refractivity contribution in [3.8, 4) is 0 Å². The Kier molecular flexibility index (Phi) is 4.63. The van der Waals surface area contributed by atoms with Gasteiger partial charge in [0.25, 0.3) is 5.56 Å². The number of aromatic nitrogens is 2. The van der Waals surface area contributed by atoms with Crippen LogP contribution < -0.4 is 5.56 Å². The molecule has 1 N–H and O–H groups in total. The second-order valence-corrected chi connectivity index (χ2v) is 10.4. The van der Waals surface area contributed by atoms with Crippen molar-refractivity contribution in [1.82, 2.24) is 9.55 Å². The fraction of sp³-hybridized carbons (Fsp3) is 0.467. The molecule has 0 aliphatic carbocycles. The van der Waals surface area contributed by atoms with E-state index < -0.39 is 21.2 Å². The summed E-state index contributed by atoms with van der Waals surface area (Å²) in [7, 11) is -3.25. The Morgan fingerprint density at radius 1 is 1.46 bits per heavy atom. The molecule has 3 heterocycles. The van der Waals surface area contributed by atoms with Crippen LogP contribution in [0.15, 0.2) is 22.6 Å². The first-order valence-corrected chi connectivity index (χ1v) is 10.9. The number of sulfone groups is 1. The molecule has 0 spiro atoms. The van der Waals surface area contributed by atoms with Crippen LogP contribution in [0.4, 0.5) is 0 Å². The van der Waals surface area contributed by atoms with Crippen molar-refractivity contribution in [3.63, 3.8) is 0 Å². The van der Waals surface area contributed by atoms with Crippen LogP contribution in [0.2, 0.25) is 0 Å². The fourth-order valence-electron chi connectivity index (χ4n) is 2.73. The molecule has 1 saturated heterocycles. The van der Waals surface area contributed by atoms with E-state index in [1.54, 1.807) is 6.08 Å². The molecule has 2 atom stereocenters. The van der Waals surface area contributed by atoms with Crippen LogP contribution in [0, 0.1) is 13.8 Å². The maximum absolute atomic E-state index is 12.8. The second kappa shape index (κ2) is 6.29. The number of fused-ring (bicyclic) bond motifs is 1. The first-order chi connectivity index (χ1) is 11.2. The van der Waals surface area contributed by atoms with Gasteiger partial charge in [0.2, 0.25) is 0 Å². The molecule has 3 rings (SSSR count). The van der Waals surface area contributed by atoms with Crippen LogP contribution in [0.3, 0.4) is 0 Å². The third-order valence-corrected chi connectivity index (χ3v) is 8.43. The molecule has 0 saturated carbocycles. The standard InChI is InChI=1S/C15H18N2O4S3/c1-4-5-17-14(19)12-8(2)9(3)22-13(12)16-15(17)23-11-7-24(20,21)6-10(11)18/h4,10-11,18H,1,5-7H2,2-3H3/t10-,11-/m0/s1. The van der Waals surface area contributed by atoms with E-state index in [9.17, 15) is 18.3 Å². The quantitative estimate of drug-likeness (QED) is 0.633. The highest BCUT2D eigenvalue weighted by Gasteiger charge is 2.38. The molecule has 2 aromatic rings. The summed E-state index contributed by atoms with van der Waals surface area (Å²) in [6.45, 7) is 7.80. The predicted octanol–water partition coefficient (Wildman–Crippen LogP) is 1.51. The van der Waals surface area contributed by atoms with Gasteiger partial charge in [0.05, 0.1) is 28.2 Å². The molecule has 2 aromatic heterocycles. The van der Waals surface area contributed by atoms with Gasteiger partial charge in [-0.3, -0.25) is 9.36 Å². The maximum atomic E-state index is 12.8. The Balaban J connectivity index is 2.11. The molecule has 24 heavy (non-hydrogen) atoms. The minimum absolute atomic E-state index is 0.108. The number of thioether (sulfide) groups is 1. The van der Waals surface area contributed by atoms with Crippen LogP contribution in [-0.2, 0) is 16.4 Å². The number of allylic oxidation sites excluding steroid dienone is 1. The van der Waals surface area contributed by atoms with E-state index in [-0.39, 0.29) is 23.6 Å². The molecular formula is C15H18N2O4S3. The van der Waals surface area contributed by atoms with Crippen LogP contribution in [-0.4, -0.2) is 45.9 Å². The Bertz CT molecular complexity index is 975. The van der Waals surface area contributed by atoms with Gasteiger partial charge in [-0.2, -0.15) is 0 Å². The van der Waals surface area contributed by atoms with E-state index in [0.29, 0.717) is 15.4 Å². The number of aryl methyl sites for hydroxylation is 2. The zero-order valence-electron chi connectivity index (χ0n) is 13.4. The summed E-state index contributed by atoms with van der Waals surface area (Å²) >= 11 is 2.60. The summed E-state index contributed by atoms with van der Waals surface area (Å²) in [6.07, 6.45) is 0.659. The van der Waals surface area contributed by atoms with Crippen LogP contribution in [0.1, 0.15) is 10.4 Å². The normalized spacial score (nSPS) is 23.0. The smallest absolute Gasteiger partial charge is 0.263 e. The topological polar surface area (TPSA) is 89.3 Å². The van der Waals surface area contributed by atoms with Crippen molar-refractivity contribution in [2.24, 2.45) is 0 Å². The molecule has 6 nitrogen and oxygen atoms in total. The van der Waals surface area contributed by atoms with Crippen LogP contribution >= 0.6 is 23.1 Å². The molecule has 0 unspecified atom stereocenters. The zero-order valence-corrected chi connectivity index (χ0v) is 15.8. The Hall–Kier alpha value is -1.16. The largest absolute Gasteiger partial charge is 0.391 e. The number of hydrogen-bond donors (Lipinski definition) is 1. The molecule has 130 valence electrons.